The van der Waals surface area contributed by atoms with Crippen molar-refractivity contribution in [1.29, 1.82) is 0 Å². The third kappa shape index (κ3) is 2.39. The molecule has 0 bridgehead atoms. The Labute approximate surface area is 105 Å². The Morgan fingerprint density at radius 1 is 0.500 bits per heavy atom. The first-order valence-electron chi connectivity index (χ1n) is 5.70. The molecule has 102 valence electrons. The van der Waals surface area contributed by atoms with Gasteiger partial charge >= 0.3 is 0 Å². The summed E-state index contributed by atoms with van der Waals surface area (Å²) >= 11 is 0. The van der Waals surface area contributed by atoms with Crippen molar-refractivity contribution in [3.05, 3.63) is 33.4 Å². The van der Waals surface area contributed by atoms with Crippen LogP contribution in [-0.4, -0.2) is 20.4 Å². The van der Waals surface area contributed by atoms with Gasteiger partial charge in [0.1, 0.15) is 0 Å². The number of rotatable bonds is 6. The molecule has 1 aromatic rings. The van der Waals surface area contributed by atoms with E-state index in [1.54, 1.807) is 0 Å². The molecular weight excluding hydrogens is 236 g/mol. The van der Waals surface area contributed by atoms with Gasteiger partial charge in [0.05, 0.1) is 26.4 Å². The summed E-state index contributed by atoms with van der Waals surface area (Å²) in [5, 5.41) is 37.7. The van der Waals surface area contributed by atoms with Crippen LogP contribution in [0.4, 0.5) is 0 Å². The van der Waals surface area contributed by atoms with Crippen molar-refractivity contribution in [1.82, 2.24) is 0 Å². The number of aliphatic hydroxyl groups excluding tert-OH is 4. The Hall–Kier alpha value is -1.02. The third-order valence-corrected chi connectivity index (χ3v) is 3.23. The molecule has 6 nitrogen and oxygen atoms in total. The molecular formula is C12H20N2O4. The van der Waals surface area contributed by atoms with Crippen molar-refractivity contribution in [2.45, 2.75) is 39.5 Å². The smallest absolute Gasteiger partial charge is 0.0688 e. The molecule has 0 amide bonds. The number of hydrogen-bond donors (Lipinski definition) is 6. The Morgan fingerprint density at radius 2 is 0.722 bits per heavy atom. The van der Waals surface area contributed by atoms with Crippen molar-refractivity contribution < 1.29 is 20.4 Å². The second-order valence-corrected chi connectivity index (χ2v) is 3.91. The van der Waals surface area contributed by atoms with E-state index in [1.807, 2.05) is 0 Å². The number of hydrogen-bond acceptors (Lipinski definition) is 6. The van der Waals surface area contributed by atoms with Gasteiger partial charge in [-0.05, 0) is 33.4 Å². The molecule has 0 aliphatic heterocycles. The summed E-state index contributed by atoms with van der Waals surface area (Å²) in [6.07, 6.45) is 0. The van der Waals surface area contributed by atoms with E-state index < -0.39 is 0 Å². The van der Waals surface area contributed by atoms with Crippen LogP contribution in [0.3, 0.4) is 0 Å². The van der Waals surface area contributed by atoms with Crippen molar-refractivity contribution in [3.8, 4) is 0 Å². The van der Waals surface area contributed by atoms with Crippen LogP contribution in [-0.2, 0) is 39.5 Å². The molecule has 0 saturated heterocycles. The number of nitrogens with two attached hydrogens (primary N) is 2. The average Bonchev–Trinajstić information content (AvgIpc) is 2.43. The fraction of sp³-hybridized carbons (Fsp3) is 0.500. The van der Waals surface area contributed by atoms with Crippen LogP contribution >= 0.6 is 0 Å². The van der Waals surface area contributed by atoms with Crippen LogP contribution in [0.2, 0.25) is 0 Å². The molecule has 0 saturated carbocycles. The van der Waals surface area contributed by atoms with Gasteiger partial charge in [-0.1, -0.05) is 0 Å². The van der Waals surface area contributed by atoms with Crippen molar-refractivity contribution >= 4 is 0 Å². The Bertz CT molecular complexity index is 301. The summed E-state index contributed by atoms with van der Waals surface area (Å²) in [4.78, 5) is 0. The summed E-state index contributed by atoms with van der Waals surface area (Å²) in [6, 6.07) is 0. The van der Waals surface area contributed by atoms with Crippen LogP contribution in [0, 0.1) is 0 Å². The Kier molecular flexibility index (Phi) is 5.67. The van der Waals surface area contributed by atoms with E-state index >= 15 is 0 Å². The van der Waals surface area contributed by atoms with Crippen LogP contribution in [0.15, 0.2) is 0 Å². The standard InChI is InChI=1S/C12H20N2O4/c13-1-7-9(3-15)11(5-17)8(2-14)12(6-18)10(7)4-16/h15-18H,1-6,13-14H2. The number of benzene rings is 1. The molecule has 0 unspecified atom stereocenters. The zero-order chi connectivity index (χ0) is 13.7. The summed E-state index contributed by atoms with van der Waals surface area (Å²) in [7, 11) is 0. The van der Waals surface area contributed by atoms with Gasteiger partial charge in [0.25, 0.3) is 0 Å². The maximum atomic E-state index is 9.41. The molecule has 0 aromatic heterocycles. The zero-order valence-electron chi connectivity index (χ0n) is 10.2. The van der Waals surface area contributed by atoms with Crippen molar-refractivity contribution in [3.63, 3.8) is 0 Å². The lowest BCUT2D eigenvalue weighted by Gasteiger charge is -2.22. The van der Waals surface area contributed by atoms with Crippen LogP contribution in [0.1, 0.15) is 33.4 Å². The van der Waals surface area contributed by atoms with Gasteiger partial charge < -0.3 is 31.9 Å². The summed E-state index contributed by atoms with van der Waals surface area (Å²) in [5.41, 5.74) is 14.3. The quantitative estimate of drug-likeness (QED) is 0.370. The van der Waals surface area contributed by atoms with Gasteiger partial charge in [-0.25, -0.2) is 0 Å². The second kappa shape index (κ2) is 6.79. The monoisotopic (exact) mass is 256 g/mol. The van der Waals surface area contributed by atoms with Crippen LogP contribution in [0.25, 0.3) is 0 Å². The normalized spacial score (nSPS) is 11.0. The van der Waals surface area contributed by atoms with E-state index in [2.05, 4.69) is 0 Å². The minimum atomic E-state index is -0.297. The van der Waals surface area contributed by atoms with E-state index in [-0.39, 0.29) is 39.5 Å². The highest BCUT2D eigenvalue weighted by atomic mass is 16.3. The van der Waals surface area contributed by atoms with Gasteiger partial charge in [0, 0.05) is 13.1 Å². The SMILES string of the molecule is NCc1c(CO)c(CO)c(CN)c(CO)c1CO. The Morgan fingerprint density at radius 3 is 0.833 bits per heavy atom. The fourth-order valence-corrected chi connectivity index (χ4v) is 2.35. The first-order valence-corrected chi connectivity index (χ1v) is 5.70. The maximum Gasteiger partial charge on any atom is 0.0688 e. The average molecular weight is 256 g/mol. The maximum absolute atomic E-state index is 9.41. The molecule has 0 heterocycles. The second-order valence-electron chi connectivity index (χ2n) is 3.91. The first-order chi connectivity index (χ1) is 8.69. The summed E-state index contributed by atoms with van der Waals surface area (Å²) < 4.78 is 0. The third-order valence-electron chi connectivity index (χ3n) is 3.23. The highest BCUT2D eigenvalue weighted by Gasteiger charge is 2.20. The molecule has 0 fully saturated rings. The molecule has 1 aromatic carbocycles. The molecule has 8 N–H and O–H groups in total. The van der Waals surface area contributed by atoms with Gasteiger partial charge in [-0.15, -0.1) is 0 Å². The molecule has 0 atom stereocenters. The topological polar surface area (TPSA) is 133 Å². The highest BCUT2D eigenvalue weighted by Crippen LogP contribution is 2.29. The summed E-state index contributed by atoms with van der Waals surface area (Å²) in [5.74, 6) is 0. The number of aliphatic hydroxyl groups is 4. The van der Waals surface area contributed by atoms with Gasteiger partial charge in [-0.2, -0.15) is 0 Å². The first kappa shape index (κ1) is 15.0. The molecule has 1 rings (SSSR count). The van der Waals surface area contributed by atoms with Gasteiger partial charge in [0.2, 0.25) is 0 Å². The largest absolute Gasteiger partial charge is 0.392 e. The Balaban J connectivity index is 3.71. The lowest BCUT2D eigenvalue weighted by Crippen LogP contribution is -2.18. The van der Waals surface area contributed by atoms with E-state index in [4.69, 9.17) is 11.5 Å². The molecule has 18 heavy (non-hydrogen) atoms. The molecule has 6 heteroatoms. The predicted molar refractivity (Wildman–Crippen MR) is 65.9 cm³/mol. The molecule has 0 aliphatic rings. The minimum absolute atomic E-state index is 0.108. The van der Waals surface area contributed by atoms with E-state index in [1.165, 1.54) is 0 Å². The lowest BCUT2D eigenvalue weighted by molar-refractivity contribution is 0.246. The van der Waals surface area contributed by atoms with Crippen LogP contribution in [0.5, 0.6) is 0 Å². The van der Waals surface area contributed by atoms with E-state index in [0.29, 0.717) is 33.4 Å². The lowest BCUT2D eigenvalue weighted by atomic mass is 9.87. The van der Waals surface area contributed by atoms with Crippen molar-refractivity contribution in [2.75, 3.05) is 0 Å². The summed E-state index contributed by atoms with van der Waals surface area (Å²) in [6.45, 7) is -0.974. The highest BCUT2D eigenvalue weighted by molar-refractivity contribution is 5.51. The molecule has 0 spiro atoms. The molecule has 0 aliphatic carbocycles. The van der Waals surface area contributed by atoms with E-state index in [0.717, 1.165) is 0 Å². The molecule has 0 radical (unpaired) electrons. The predicted octanol–water partition coefficient (Wildman–Crippen LogP) is -1.43. The van der Waals surface area contributed by atoms with Gasteiger partial charge in [-0.3, -0.25) is 0 Å². The van der Waals surface area contributed by atoms with Crippen LogP contribution < -0.4 is 11.5 Å². The van der Waals surface area contributed by atoms with Crippen molar-refractivity contribution in [2.24, 2.45) is 11.5 Å². The zero-order valence-corrected chi connectivity index (χ0v) is 10.2. The fourth-order valence-electron chi connectivity index (χ4n) is 2.35. The van der Waals surface area contributed by atoms with E-state index in [9.17, 15) is 20.4 Å². The van der Waals surface area contributed by atoms with Gasteiger partial charge in [0.15, 0.2) is 0 Å². The minimum Gasteiger partial charge on any atom is -0.392 e.